The van der Waals surface area contributed by atoms with Crippen molar-refractivity contribution in [2.75, 3.05) is 0 Å². The molecule has 0 bridgehead atoms. The molecule has 0 saturated carbocycles. The van der Waals surface area contributed by atoms with Gasteiger partial charge in [0, 0.05) is 5.56 Å². The molecule has 0 aliphatic heterocycles. The Balaban J connectivity index is 2.59. The fraction of sp³-hybridized carbons (Fsp3) is 0.357. The average Bonchev–Trinajstić information content (AvgIpc) is 2.38. The van der Waals surface area contributed by atoms with Gasteiger partial charge in [-0.2, -0.15) is 0 Å². The second-order valence-electron chi connectivity index (χ2n) is 4.48. The van der Waals surface area contributed by atoms with Gasteiger partial charge in [-0.1, -0.05) is 17.7 Å². The number of carbonyl (C=O) groups is 3. The smallest absolute Gasteiger partial charge is 0.344 e. The molecule has 0 fully saturated rings. The van der Waals surface area contributed by atoms with Gasteiger partial charge in [0.25, 0.3) is 5.91 Å². The Morgan fingerprint density at radius 1 is 1.15 bits per heavy atom. The van der Waals surface area contributed by atoms with Crippen LogP contribution in [0, 0.1) is 6.92 Å². The van der Waals surface area contributed by atoms with Crippen LogP contribution in [0.4, 0.5) is 0 Å². The maximum Gasteiger partial charge on any atom is 0.344 e. The Bertz CT molecular complexity index is 509. The number of aryl methyl sites for hydroxylation is 1. The first-order valence-corrected chi connectivity index (χ1v) is 6.12. The van der Waals surface area contributed by atoms with Gasteiger partial charge in [0.1, 0.15) is 6.04 Å². The normalized spacial score (nSPS) is 13.2. The molecule has 1 aromatic carbocycles. The van der Waals surface area contributed by atoms with Crippen molar-refractivity contribution in [3.8, 4) is 0 Å². The molecule has 0 aliphatic rings. The van der Waals surface area contributed by atoms with Gasteiger partial charge in [0.15, 0.2) is 6.10 Å². The van der Waals surface area contributed by atoms with Crippen LogP contribution in [-0.4, -0.2) is 35.1 Å². The number of carbonyl (C=O) groups excluding carboxylic acids is 2. The Kier molecular flexibility index (Phi) is 5.25. The summed E-state index contributed by atoms with van der Waals surface area (Å²) in [6.07, 6.45) is -1.25. The van der Waals surface area contributed by atoms with E-state index < -0.39 is 30.0 Å². The van der Waals surface area contributed by atoms with Crippen LogP contribution in [0.1, 0.15) is 29.8 Å². The van der Waals surface area contributed by atoms with Crippen molar-refractivity contribution in [3.63, 3.8) is 0 Å². The largest absolute Gasteiger partial charge is 0.479 e. The molecular formula is C14H17NO5. The minimum atomic E-state index is -1.25. The Hall–Kier alpha value is -2.37. The second kappa shape index (κ2) is 6.70. The number of carboxylic acids is 1. The SMILES string of the molecule is Cc1ccc(C(=O)N[C@H](C)C(=O)OC(C)C(=O)O)cc1. The van der Waals surface area contributed by atoms with E-state index in [2.05, 4.69) is 10.1 Å². The van der Waals surface area contributed by atoms with E-state index in [-0.39, 0.29) is 0 Å². The summed E-state index contributed by atoms with van der Waals surface area (Å²) in [4.78, 5) is 34.0. The summed E-state index contributed by atoms with van der Waals surface area (Å²) in [6, 6.07) is 5.92. The lowest BCUT2D eigenvalue weighted by Crippen LogP contribution is -2.41. The van der Waals surface area contributed by atoms with E-state index in [1.165, 1.54) is 13.8 Å². The number of ether oxygens (including phenoxy) is 1. The summed E-state index contributed by atoms with van der Waals surface area (Å²) in [5.74, 6) is -2.45. The second-order valence-corrected chi connectivity index (χ2v) is 4.48. The highest BCUT2D eigenvalue weighted by Gasteiger charge is 2.22. The highest BCUT2D eigenvalue weighted by molar-refractivity contribution is 5.96. The van der Waals surface area contributed by atoms with Crippen LogP contribution in [0.2, 0.25) is 0 Å². The first-order chi connectivity index (χ1) is 9.31. The van der Waals surface area contributed by atoms with Crippen LogP contribution in [0.25, 0.3) is 0 Å². The fourth-order valence-corrected chi connectivity index (χ4v) is 1.37. The Labute approximate surface area is 116 Å². The molecule has 1 unspecified atom stereocenters. The lowest BCUT2D eigenvalue weighted by molar-refractivity contribution is -0.163. The fourth-order valence-electron chi connectivity index (χ4n) is 1.37. The molecule has 1 rings (SSSR count). The van der Waals surface area contributed by atoms with Gasteiger partial charge >= 0.3 is 11.9 Å². The standard InChI is InChI=1S/C14H17NO5/c1-8-4-6-11(7-5-8)12(16)15-9(2)14(19)20-10(3)13(17)18/h4-7,9-10H,1-3H3,(H,15,16)(H,17,18)/t9-,10?/m1/s1. The first kappa shape index (κ1) is 15.7. The van der Waals surface area contributed by atoms with E-state index >= 15 is 0 Å². The molecule has 2 N–H and O–H groups in total. The topological polar surface area (TPSA) is 92.7 Å². The van der Waals surface area contributed by atoms with Crippen molar-refractivity contribution >= 4 is 17.8 Å². The molecule has 0 aliphatic carbocycles. The van der Waals surface area contributed by atoms with E-state index in [9.17, 15) is 14.4 Å². The van der Waals surface area contributed by atoms with Crippen molar-refractivity contribution in [3.05, 3.63) is 35.4 Å². The molecule has 0 saturated heterocycles. The van der Waals surface area contributed by atoms with Gasteiger partial charge < -0.3 is 15.2 Å². The number of hydrogen-bond acceptors (Lipinski definition) is 4. The molecule has 1 amide bonds. The first-order valence-electron chi connectivity index (χ1n) is 6.12. The van der Waals surface area contributed by atoms with Crippen molar-refractivity contribution in [2.24, 2.45) is 0 Å². The van der Waals surface area contributed by atoms with Crippen LogP contribution in [0.5, 0.6) is 0 Å². The number of nitrogens with one attached hydrogen (secondary N) is 1. The molecule has 20 heavy (non-hydrogen) atoms. The summed E-state index contributed by atoms with van der Waals surface area (Å²) in [7, 11) is 0. The van der Waals surface area contributed by atoms with Crippen LogP contribution >= 0.6 is 0 Å². The van der Waals surface area contributed by atoms with E-state index in [1.807, 2.05) is 6.92 Å². The molecule has 1 aromatic rings. The molecule has 6 heteroatoms. The lowest BCUT2D eigenvalue weighted by atomic mass is 10.1. The van der Waals surface area contributed by atoms with E-state index in [1.54, 1.807) is 24.3 Å². The summed E-state index contributed by atoms with van der Waals surface area (Å²) >= 11 is 0. The van der Waals surface area contributed by atoms with Crippen LogP contribution in [0.15, 0.2) is 24.3 Å². The van der Waals surface area contributed by atoms with Crippen LogP contribution in [-0.2, 0) is 14.3 Å². The van der Waals surface area contributed by atoms with Crippen LogP contribution in [0.3, 0.4) is 0 Å². The molecule has 0 aromatic heterocycles. The van der Waals surface area contributed by atoms with Crippen molar-refractivity contribution < 1.29 is 24.2 Å². The van der Waals surface area contributed by atoms with Crippen LogP contribution < -0.4 is 5.32 Å². The zero-order valence-corrected chi connectivity index (χ0v) is 11.5. The number of aliphatic carboxylic acids is 1. The lowest BCUT2D eigenvalue weighted by Gasteiger charge is -2.15. The maximum atomic E-state index is 11.9. The van der Waals surface area contributed by atoms with E-state index in [4.69, 9.17) is 5.11 Å². The molecule has 0 radical (unpaired) electrons. The predicted molar refractivity (Wildman–Crippen MR) is 71.3 cm³/mol. The average molecular weight is 279 g/mol. The zero-order chi connectivity index (χ0) is 15.3. The summed E-state index contributed by atoms with van der Waals surface area (Å²) in [5.41, 5.74) is 1.44. The van der Waals surface area contributed by atoms with Gasteiger partial charge in [0.05, 0.1) is 0 Å². The highest BCUT2D eigenvalue weighted by Crippen LogP contribution is 2.04. The number of hydrogen-bond donors (Lipinski definition) is 2. The predicted octanol–water partition coefficient (Wildman–Crippen LogP) is 1.13. The summed E-state index contributed by atoms with van der Waals surface area (Å²) in [5, 5.41) is 11.1. The number of carboxylic acid groups (broad SMARTS) is 1. The van der Waals surface area contributed by atoms with Gasteiger partial charge in [-0.3, -0.25) is 4.79 Å². The number of rotatable bonds is 5. The third kappa shape index (κ3) is 4.38. The van der Waals surface area contributed by atoms with E-state index in [0.29, 0.717) is 5.56 Å². The highest BCUT2D eigenvalue weighted by atomic mass is 16.6. The molecule has 0 heterocycles. The Morgan fingerprint density at radius 3 is 2.20 bits per heavy atom. The number of amides is 1. The zero-order valence-electron chi connectivity index (χ0n) is 11.5. The molecule has 2 atom stereocenters. The molecule has 108 valence electrons. The van der Waals surface area contributed by atoms with Crippen molar-refractivity contribution in [1.82, 2.24) is 5.32 Å². The summed E-state index contributed by atoms with van der Waals surface area (Å²) < 4.78 is 4.68. The van der Waals surface area contributed by atoms with Crippen molar-refractivity contribution in [2.45, 2.75) is 32.9 Å². The minimum absolute atomic E-state index is 0.418. The molecular weight excluding hydrogens is 262 g/mol. The minimum Gasteiger partial charge on any atom is -0.479 e. The number of esters is 1. The summed E-state index contributed by atoms with van der Waals surface area (Å²) in [6.45, 7) is 4.58. The van der Waals surface area contributed by atoms with Gasteiger partial charge in [0.2, 0.25) is 0 Å². The number of benzene rings is 1. The van der Waals surface area contributed by atoms with Gasteiger partial charge in [-0.05, 0) is 32.9 Å². The monoisotopic (exact) mass is 279 g/mol. The Morgan fingerprint density at radius 2 is 1.70 bits per heavy atom. The van der Waals surface area contributed by atoms with Crippen molar-refractivity contribution in [1.29, 1.82) is 0 Å². The quantitative estimate of drug-likeness (QED) is 0.788. The third-order valence-corrected chi connectivity index (χ3v) is 2.66. The van der Waals surface area contributed by atoms with E-state index in [0.717, 1.165) is 5.56 Å². The third-order valence-electron chi connectivity index (χ3n) is 2.66. The molecule has 6 nitrogen and oxygen atoms in total. The van der Waals surface area contributed by atoms with Gasteiger partial charge in [-0.15, -0.1) is 0 Å². The maximum absolute atomic E-state index is 11.9. The molecule has 0 spiro atoms. The van der Waals surface area contributed by atoms with Gasteiger partial charge in [-0.25, -0.2) is 9.59 Å².